The Hall–Kier alpha value is -0.823. The molecule has 0 aliphatic carbocycles. The molecule has 0 aromatic carbocycles. The zero-order valence-corrected chi connectivity index (χ0v) is 9.95. The number of carbonyl (C=O) groups is 2. The first-order chi connectivity index (χ1) is 7.13. The summed E-state index contributed by atoms with van der Waals surface area (Å²) in [6.45, 7) is 1.95. The Bertz CT molecular complexity index is 384. The maximum Gasteiger partial charge on any atom is 0.313 e. The van der Waals surface area contributed by atoms with Gasteiger partial charge in [-0.25, -0.2) is 4.98 Å². The smallest absolute Gasteiger partial charge is 0.313 e. The van der Waals surface area contributed by atoms with Crippen molar-refractivity contribution in [2.75, 3.05) is 6.61 Å². The zero-order valence-electron chi connectivity index (χ0n) is 9.20. The fourth-order valence-electron chi connectivity index (χ4n) is 1.02. The second-order valence-electron chi connectivity index (χ2n) is 2.77. The summed E-state index contributed by atoms with van der Waals surface area (Å²) in [5.74, 6) is -0.854. The molecule has 81 valence electrons. The van der Waals surface area contributed by atoms with Gasteiger partial charge in [0.25, 0.3) is 0 Å². The average Bonchev–Trinajstić information content (AvgIpc) is 2.18. The summed E-state index contributed by atoms with van der Waals surface area (Å²) in [7, 11) is 0. The Morgan fingerprint density at radius 2 is 2.19 bits per heavy atom. The molecule has 0 aliphatic rings. The van der Waals surface area contributed by atoms with E-state index in [9.17, 15) is 9.59 Å². The van der Waals surface area contributed by atoms with Crippen molar-refractivity contribution in [1.29, 1.82) is 0 Å². The van der Waals surface area contributed by atoms with Gasteiger partial charge in [0.05, 0.1) is 6.61 Å². The van der Waals surface area contributed by atoms with Gasteiger partial charge in [-0.1, -0.05) is 11.6 Å². The van der Waals surface area contributed by atoms with Gasteiger partial charge in [0.15, 0.2) is 5.78 Å². The van der Waals surface area contributed by atoms with E-state index in [0.29, 0.717) is 5.56 Å². The summed E-state index contributed by atoms with van der Waals surface area (Å²) in [5, 5.41) is 0.227. The Kier molecular flexibility index (Phi) is 7.07. The fourth-order valence-corrected chi connectivity index (χ4v) is 1.19. The molecule has 1 heterocycles. The number of hydrogen-bond acceptors (Lipinski definition) is 4. The zero-order chi connectivity index (χ0) is 11.3. The molecule has 6 heteroatoms. The van der Waals surface area contributed by atoms with Crippen LogP contribution in [0.3, 0.4) is 0 Å². The van der Waals surface area contributed by atoms with Crippen molar-refractivity contribution in [2.24, 2.45) is 0 Å². The first-order valence-corrected chi connectivity index (χ1v) is 4.81. The van der Waals surface area contributed by atoms with Gasteiger partial charge in [-0.05, 0) is 19.1 Å². The van der Waals surface area contributed by atoms with Gasteiger partial charge < -0.3 is 4.74 Å². The van der Waals surface area contributed by atoms with Crippen LogP contribution in [0.4, 0.5) is 0 Å². The van der Waals surface area contributed by atoms with E-state index in [0.717, 1.165) is 0 Å². The van der Waals surface area contributed by atoms with Crippen LogP contribution in [-0.2, 0) is 9.53 Å². The van der Waals surface area contributed by atoms with Crippen molar-refractivity contribution >= 4 is 42.2 Å². The molecular formula is C10H10ClLiNO3. The van der Waals surface area contributed by atoms with Crippen LogP contribution < -0.4 is 0 Å². The molecule has 1 rings (SSSR count). The Balaban J connectivity index is 0.00000225. The minimum atomic E-state index is -0.532. The molecule has 0 atom stereocenters. The summed E-state index contributed by atoms with van der Waals surface area (Å²) in [6.07, 6.45) is 1.15. The molecule has 0 unspecified atom stereocenters. The number of rotatable bonds is 4. The van der Waals surface area contributed by atoms with E-state index in [1.807, 2.05) is 0 Å². The van der Waals surface area contributed by atoms with E-state index in [2.05, 4.69) is 9.72 Å². The molecule has 1 aromatic heterocycles. The van der Waals surface area contributed by atoms with E-state index in [1.165, 1.54) is 18.3 Å². The number of esters is 1. The second kappa shape index (κ2) is 7.45. The van der Waals surface area contributed by atoms with Crippen molar-refractivity contribution in [3.8, 4) is 0 Å². The summed E-state index contributed by atoms with van der Waals surface area (Å²) in [6, 6.07) is 2.93. The van der Waals surface area contributed by atoms with Crippen LogP contribution in [0, 0.1) is 0 Å². The van der Waals surface area contributed by atoms with Gasteiger partial charge in [-0.3, -0.25) is 9.59 Å². The number of nitrogens with zero attached hydrogens (tertiary/aromatic N) is 1. The van der Waals surface area contributed by atoms with E-state index in [4.69, 9.17) is 11.6 Å². The number of aromatic nitrogens is 1. The summed E-state index contributed by atoms with van der Waals surface area (Å²) >= 11 is 5.61. The van der Waals surface area contributed by atoms with E-state index in [1.54, 1.807) is 6.92 Å². The average molecular weight is 235 g/mol. The molecule has 0 bridgehead atoms. The molecular weight excluding hydrogens is 225 g/mol. The quantitative estimate of drug-likeness (QED) is 0.260. The third kappa shape index (κ3) is 4.80. The van der Waals surface area contributed by atoms with E-state index in [-0.39, 0.29) is 42.8 Å². The second-order valence-corrected chi connectivity index (χ2v) is 3.16. The summed E-state index contributed by atoms with van der Waals surface area (Å²) < 4.78 is 4.66. The van der Waals surface area contributed by atoms with Crippen molar-refractivity contribution in [1.82, 2.24) is 4.98 Å². The van der Waals surface area contributed by atoms with Crippen LogP contribution in [0.1, 0.15) is 23.7 Å². The van der Waals surface area contributed by atoms with Gasteiger partial charge in [0.2, 0.25) is 0 Å². The Morgan fingerprint density at radius 1 is 1.50 bits per heavy atom. The number of hydrogen-bond donors (Lipinski definition) is 0. The van der Waals surface area contributed by atoms with Gasteiger partial charge in [-0.2, -0.15) is 0 Å². The van der Waals surface area contributed by atoms with Gasteiger partial charge in [0, 0.05) is 30.6 Å². The number of ketones is 1. The predicted molar refractivity (Wildman–Crippen MR) is 60.6 cm³/mol. The van der Waals surface area contributed by atoms with Crippen LogP contribution in [0.5, 0.6) is 0 Å². The molecule has 1 aromatic rings. The minimum absolute atomic E-state index is 0. The molecule has 0 N–H and O–H groups in total. The topological polar surface area (TPSA) is 56.3 Å². The molecule has 0 saturated carbocycles. The summed E-state index contributed by atoms with van der Waals surface area (Å²) in [4.78, 5) is 26.2. The normalized spacial score (nSPS) is 9.12. The molecule has 0 spiro atoms. The van der Waals surface area contributed by atoms with Gasteiger partial charge >= 0.3 is 5.97 Å². The fraction of sp³-hybridized carbons (Fsp3) is 0.300. The molecule has 0 aliphatic heterocycles. The van der Waals surface area contributed by atoms with Crippen LogP contribution >= 0.6 is 11.6 Å². The van der Waals surface area contributed by atoms with E-state index >= 15 is 0 Å². The van der Waals surface area contributed by atoms with Crippen LogP contribution in [0.25, 0.3) is 0 Å². The first kappa shape index (κ1) is 15.2. The molecule has 16 heavy (non-hydrogen) atoms. The predicted octanol–water partition coefficient (Wildman–Crippen LogP) is 1.49. The number of ether oxygens (including phenoxy) is 1. The van der Waals surface area contributed by atoms with Crippen molar-refractivity contribution in [2.45, 2.75) is 13.3 Å². The maximum atomic E-state index is 11.5. The summed E-state index contributed by atoms with van der Waals surface area (Å²) in [5.41, 5.74) is 0.364. The standard InChI is InChI=1S/C10H10ClNO3.Li/c1-2-15-10(14)6-8(13)7-3-4-12-9(11)5-7;/h3-5H,2,6H2,1H3;. The molecule has 0 amide bonds. The number of Topliss-reactive ketones (excluding diaryl/α,β-unsaturated/α-hetero) is 1. The maximum absolute atomic E-state index is 11.5. The van der Waals surface area contributed by atoms with Crippen molar-refractivity contribution in [3.63, 3.8) is 0 Å². The monoisotopic (exact) mass is 234 g/mol. The Labute approximate surface area is 111 Å². The number of carbonyl (C=O) groups excluding carboxylic acids is 2. The molecule has 4 nitrogen and oxygen atoms in total. The number of halogens is 1. The largest absolute Gasteiger partial charge is 0.466 e. The molecule has 1 radical (unpaired) electrons. The molecule has 0 fully saturated rings. The molecule has 0 saturated heterocycles. The SMILES string of the molecule is CCOC(=O)CC(=O)c1ccnc(Cl)c1.[Li]. The Morgan fingerprint density at radius 3 is 2.75 bits per heavy atom. The van der Waals surface area contributed by atoms with Gasteiger partial charge in [-0.15, -0.1) is 0 Å². The van der Waals surface area contributed by atoms with Crippen LogP contribution in [-0.4, -0.2) is 42.2 Å². The van der Waals surface area contributed by atoms with E-state index < -0.39 is 5.97 Å². The van der Waals surface area contributed by atoms with Crippen molar-refractivity contribution < 1.29 is 14.3 Å². The van der Waals surface area contributed by atoms with Crippen LogP contribution in [0.15, 0.2) is 18.3 Å². The van der Waals surface area contributed by atoms with Gasteiger partial charge in [0.1, 0.15) is 11.6 Å². The minimum Gasteiger partial charge on any atom is -0.466 e. The van der Waals surface area contributed by atoms with Crippen LogP contribution in [0.2, 0.25) is 5.15 Å². The number of pyridine rings is 1. The third-order valence-electron chi connectivity index (χ3n) is 1.66. The first-order valence-electron chi connectivity index (χ1n) is 4.44. The third-order valence-corrected chi connectivity index (χ3v) is 1.87. The van der Waals surface area contributed by atoms with Crippen molar-refractivity contribution in [3.05, 3.63) is 29.0 Å².